The van der Waals surface area contributed by atoms with Gasteiger partial charge >= 0.3 is 0 Å². The molecule has 1 aromatic carbocycles. The van der Waals surface area contributed by atoms with E-state index >= 15 is 0 Å². The molecule has 0 saturated heterocycles. The molecular weight excluding hydrogens is 232 g/mol. The van der Waals surface area contributed by atoms with Crippen molar-refractivity contribution in [2.75, 3.05) is 20.1 Å². The summed E-state index contributed by atoms with van der Waals surface area (Å²) in [6.07, 6.45) is 1.07. The zero-order chi connectivity index (χ0) is 14.5. The average Bonchev–Trinajstić information content (AvgIpc) is 2.28. The van der Waals surface area contributed by atoms with Gasteiger partial charge in [0.15, 0.2) is 0 Å². The van der Waals surface area contributed by atoms with E-state index in [2.05, 4.69) is 63.9 Å². The maximum atomic E-state index is 5.67. The Balaban J connectivity index is 2.54. The number of nitrogens with two attached hydrogens (primary N) is 1. The van der Waals surface area contributed by atoms with Crippen LogP contribution in [0.25, 0.3) is 0 Å². The van der Waals surface area contributed by atoms with Crippen molar-refractivity contribution in [1.29, 1.82) is 0 Å². The number of benzene rings is 1. The van der Waals surface area contributed by atoms with E-state index in [0.29, 0.717) is 11.3 Å². The van der Waals surface area contributed by atoms with E-state index in [4.69, 9.17) is 5.73 Å². The molecule has 0 saturated carbocycles. The first kappa shape index (κ1) is 16.2. The molecule has 0 aliphatic rings. The highest BCUT2D eigenvalue weighted by Gasteiger charge is 2.19. The molecule has 0 atom stereocenters. The second-order valence-corrected chi connectivity index (χ2v) is 6.77. The molecule has 0 aromatic heterocycles. The lowest BCUT2D eigenvalue weighted by molar-refractivity contribution is 0.195. The summed E-state index contributed by atoms with van der Waals surface area (Å²) in [5, 5.41) is 0. The van der Waals surface area contributed by atoms with Gasteiger partial charge in [-0.3, -0.25) is 0 Å². The van der Waals surface area contributed by atoms with Crippen molar-refractivity contribution < 1.29 is 0 Å². The third kappa shape index (κ3) is 5.75. The molecule has 1 aromatic rings. The number of hydrogen-bond acceptors (Lipinski definition) is 2. The van der Waals surface area contributed by atoms with E-state index in [-0.39, 0.29) is 0 Å². The van der Waals surface area contributed by atoms with Gasteiger partial charge in [0.2, 0.25) is 0 Å². The Bertz CT molecular complexity index is 365. The smallest absolute Gasteiger partial charge is 0.0230 e. The molecule has 19 heavy (non-hydrogen) atoms. The SMILES string of the molecule is CC(C)c1ccc(CN(C)CC(C)(C)CCN)cc1. The zero-order valence-corrected chi connectivity index (χ0v) is 13.2. The summed E-state index contributed by atoms with van der Waals surface area (Å²) >= 11 is 0. The molecule has 0 aliphatic carbocycles. The molecule has 0 spiro atoms. The van der Waals surface area contributed by atoms with Crippen LogP contribution < -0.4 is 5.73 Å². The Morgan fingerprint density at radius 3 is 2.21 bits per heavy atom. The van der Waals surface area contributed by atoms with Crippen molar-refractivity contribution in [3.63, 3.8) is 0 Å². The van der Waals surface area contributed by atoms with Gasteiger partial charge in [0.05, 0.1) is 0 Å². The van der Waals surface area contributed by atoms with Gasteiger partial charge in [-0.25, -0.2) is 0 Å². The highest BCUT2D eigenvalue weighted by Crippen LogP contribution is 2.21. The van der Waals surface area contributed by atoms with Gasteiger partial charge in [0.25, 0.3) is 0 Å². The fraction of sp³-hybridized carbons (Fsp3) is 0.647. The Labute approximate surface area is 119 Å². The lowest BCUT2D eigenvalue weighted by Gasteiger charge is -2.30. The molecule has 2 N–H and O–H groups in total. The van der Waals surface area contributed by atoms with Crippen LogP contribution in [0.15, 0.2) is 24.3 Å². The summed E-state index contributed by atoms with van der Waals surface area (Å²) in [4.78, 5) is 2.39. The molecular formula is C17H30N2. The first-order chi connectivity index (χ1) is 8.84. The molecule has 2 nitrogen and oxygen atoms in total. The van der Waals surface area contributed by atoms with Crippen LogP contribution in [0.5, 0.6) is 0 Å². The van der Waals surface area contributed by atoms with Crippen LogP contribution in [0, 0.1) is 5.41 Å². The fourth-order valence-corrected chi connectivity index (χ4v) is 2.58. The van der Waals surface area contributed by atoms with Gasteiger partial charge in [-0.2, -0.15) is 0 Å². The van der Waals surface area contributed by atoms with Crippen LogP contribution in [0.1, 0.15) is 51.2 Å². The van der Waals surface area contributed by atoms with Gasteiger partial charge in [0.1, 0.15) is 0 Å². The van der Waals surface area contributed by atoms with Gasteiger partial charge in [-0.15, -0.1) is 0 Å². The molecule has 0 amide bonds. The highest BCUT2D eigenvalue weighted by molar-refractivity contribution is 5.24. The summed E-state index contributed by atoms with van der Waals surface area (Å²) < 4.78 is 0. The second-order valence-electron chi connectivity index (χ2n) is 6.77. The van der Waals surface area contributed by atoms with E-state index in [9.17, 15) is 0 Å². The average molecular weight is 262 g/mol. The summed E-state index contributed by atoms with van der Waals surface area (Å²) in [6.45, 7) is 11.9. The molecule has 0 radical (unpaired) electrons. The van der Waals surface area contributed by atoms with Crippen molar-refractivity contribution >= 4 is 0 Å². The van der Waals surface area contributed by atoms with E-state index in [1.165, 1.54) is 11.1 Å². The standard InChI is InChI=1S/C17H30N2/c1-14(2)16-8-6-15(7-9-16)12-19(5)13-17(3,4)10-11-18/h6-9,14H,10-13,18H2,1-5H3. The van der Waals surface area contributed by atoms with E-state index in [1.807, 2.05) is 0 Å². The molecule has 1 rings (SSSR count). The number of nitrogens with zero attached hydrogens (tertiary/aromatic N) is 1. The normalized spacial score (nSPS) is 12.4. The van der Waals surface area contributed by atoms with Gasteiger partial charge in [-0.05, 0) is 42.5 Å². The van der Waals surface area contributed by atoms with Crippen molar-refractivity contribution in [2.24, 2.45) is 11.1 Å². The lowest BCUT2D eigenvalue weighted by atomic mass is 9.89. The van der Waals surface area contributed by atoms with Crippen LogP contribution in [0.3, 0.4) is 0 Å². The first-order valence-corrected chi connectivity index (χ1v) is 7.31. The molecule has 0 unspecified atom stereocenters. The van der Waals surface area contributed by atoms with E-state index < -0.39 is 0 Å². The van der Waals surface area contributed by atoms with Crippen LogP contribution in [-0.2, 0) is 6.54 Å². The largest absolute Gasteiger partial charge is 0.330 e. The quantitative estimate of drug-likeness (QED) is 0.813. The Kier molecular flexibility index (Phi) is 6.02. The second kappa shape index (κ2) is 7.06. The molecule has 0 aliphatic heterocycles. The Hall–Kier alpha value is -0.860. The first-order valence-electron chi connectivity index (χ1n) is 7.31. The number of rotatable bonds is 7. The zero-order valence-electron chi connectivity index (χ0n) is 13.2. The van der Waals surface area contributed by atoms with Crippen molar-refractivity contribution in [2.45, 2.75) is 46.6 Å². The van der Waals surface area contributed by atoms with Gasteiger partial charge < -0.3 is 10.6 Å². The van der Waals surface area contributed by atoms with Crippen molar-refractivity contribution in [3.05, 3.63) is 35.4 Å². The molecule has 2 heteroatoms. The fourth-order valence-electron chi connectivity index (χ4n) is 2.58. The maximum absolute atomic E-state index is 5.67. The minimum atomic E-state index is 0.293. The highest BCUT2D eigenvalue weighted by atomic mass is 15.1. The third-order valence-corrected chi connectivity index (χ3v) is 3.62. The Morgan fingerprint density at radius 1 is 1.16 bits per heavy atom. The summed E-state index contributed by atoms with van der Waals surface area (Å²) in [5.41, 5.74) is 8.76. The minimum absolute atomic E-state index is 0.293. The predicted molar refractivity (Wildman–Crippen MR) is 84.3 cm³/mol. The van der Waals surface area contributed by atoms with Gasteiger partial charge in [-0.1, -0.05) is 52.0 Å². The van der Waals surface area contributed by atoms with Crippen LogP contribution >= 0.6 is 0 Å². The monoisotopic (exact) mass is 262 g/mol. The third-order valence-electron chi connectivity index (χ3n) is 3.62. The predicted octanol–water partition coefficient (Wildman–Crippen LogP) is 3.62. The maximum Gasteiger partial charge on any atom is 0.0230 e. The Morgan fingerprint density at radius 2 is 1.74 bits per heavy atom. The molecule has 0 fully saturated rings. The summed E-state index contributed by atoms with van der Waals surface area (Å²) in [6, 6.07) is 9.00. The van der Waals surface area contributed by atoms with Crippen molar-refractivity contribution in [3.8, 4) is 0 Å². The van der Waals surface area contributed by atoms with Crippen LogP contribution in [0.4, 0.5) is 0 Å². The van der Waals surface area contributed by atoms with E-state index in [0.717, 1.165) is 26.1 Å². The lowest BCUT2D eigenvalue weighted by Crippen LogP contribution is -2.32. The van der Waals surface area contributed by atoms with E-state index in [1.54, 1.807) is 0 Å². The topological polar surface area (TPSA) is 29.3 Å². The summed E-state index contributed by atoms with van der Waals surface area (Å²) in [5.74, 6) is 0.607. The molecule has 0 heterocycles. The molecule has 0 bridgehead atoms. The summed E-state index contributed by atoms with van der Waals surface area (Å²) in [7, 11) is 2.19. The minimum Gasteiger partial charge on any atom is -0.330 e. The van der Waals surface area contributed by atoms with Crippen LogP contribution in [0.2, 0.25) is 0 Å². The molecule has 108 valence electrons. The van der Waals surface area contributed by atoms with Crippen molar-refractivity contribution in [1.82, 2.24) is 4.90 Å². The van der Waals surface area contributed by atoms with Gasteiger partial charge in [0, 0.05) is 13.1 Å². The van der Waals surface area contributed by atoms with Crippen LogP contribution in [-0.4, -0.2) is 25.0 Å². The number of hydrogen-bond donors (Lipinski definition) is 1.